The Bertz CT molecular complexity index is 1010. The van der Waals surface area contributed by atoms with Crippen molar-refractivity contribution >= 4 is 17.4 Å². The predicted octanol–water partition coefficient (Wildman–Crippen LogP) is 4.98. The van der Waals surface area contributed by atoms with Gasteiger partial charge in [0, 0.05) is 11.6 Å². The Hall–Kier alpha value is -2.88. The van der Waals surface area contributed by atoms with E-state index >= 15 is 0 Å². The van der Waals surface area contributed by atoms with E-state index in [4.69, 9.17) is 0 Å². The Morgan fingerprint density at radius 2 is 1.62 bits per heavy atom. The molecular formula is C25H27NO3. The van der Waals surface area contributed by atoms with Crippen molar-refractivity contribution in [3.8, 4) is 0 Å². The van der Waals surface area contributed by atoms with Crippen LogP contribution in [0.4, 0.5) is 0 Å². The number of carbonyl (C=O) groups excluding carboxylic acids is 2. The van der Waals surface area contributed by atoms with Gasteiger partial charge in [-0.05, 0) is 61.9 Å². The minimum atomic E-state index is -0.583. The zero-order valence-corrected chi connectivity index (χ0v) is 17.2. The first-order chi connectivity index (χ1) is 13.9. The Morgan fingerprint density at radius 1 is 0.931 bits per heavy atom. The molecule has 1 heterocycles. The molecule has 2 fully saturated rings. The summed E-state index contributed by atoms with van der Waals surface area (Å²) in [5.41, 5.74) is 4.85. The highest BCUT2D eigenvalue weighted by molar-refractivity contribution is 6.46. The smallest absolute Gasteiger partial charge is 0.295 e. The van der Waals surface area contributed by atoms with Crippen molar-refractivity contribution in [3.63, 3.8) is 0 Å². The molecule has 1 saturated heterocycles. The van der Waals surface area contributed by atoms with Gasteiger partial charge in [-0.15, -0.1) is 0 Å². The van der Waals surface area contributed by atoms with Gasteiger partial charge in [0.25, 0.3) is 11.7 Å². The lowest BCUT2D eigenvalue weighted by Gasteiger charge is -2.31. The van der Waals surface area contributed by atoms with Crippen molar-refractivity contribution in [2.24, 2.45) is 0 Å². The number of benzene rings is 2. The maximum Gasteiger partial charge on any atom is 0.295 e. The second-order valence-corrected chi connectivity index (χ2v) is 8.30. The molecule has 0 aromatic heterocycles. The highest BCUT2D eigenvalue weighted by Crippen LogP contribution is 2.44. The van der Waals surface area contributed by atoms with Gasteiger partial charge >= 0.3 is 0 Å². The highest BCUT2D eigenvalue weighted by Gasteiger charge is 2.49. The summed E-state index contributed by atoms with van der Waals surface area (Å²) >= 11 is 0. The van der Waals surface area contributed by atoms with Crippen molar-refractivity contribution in [3.05, 3.63) is 75.9 Å². The van der Waals surface area contributed by atoms with E-state index in [9.17, 15) is 14.7 Å². The predicted molar refractivity (Wildman–Crippen MR) is 113 cm³/mol. The van der Waals surface area contributed by atoms with Crippen molar-refractivity contribution in [1.29, 1.82) is 0 Å². The minimum absolute atomic E-state index is 0.0427. The SMILES string of the molecule is Cc1ccc(/C(O)=C2\C(=O)C(=O)N(C3CCCC3)C2c2ccccc2C)cc1C. The summed E-state index contributed by atoms with van der Waals surface area (Å²) in [6.07, 6.45) is 3.93. The summed E-state index contributed by atoms with van der Waals surface area (Å²) in [5, 5.41) is 11.2. The molecule has 1 aliphatic heterocycles. The molecule has 150 valence electrons. The fourth-order valence-corrected chi connectivity index (χ4v) is 4.65. The lowest BCUT2D eigenvalue weighted by molar-refractivity contribution is -0.141. The number of ketones is 1. The second kappa shape index (κ2) is 7.51. The molecule has 0 radical (unpaired) electrons. The third kappa shape index (κ3) is 3.27. The van der Waals surface area contributed by atoms with Crippen molar-refractivity contribution < 1.29 is 14.7 Å². The number of aliphatic hydroxyl groups is 1. The minimum Gasteiger partial charge on any atom is -0.507 e. The van der Waals surface area contributed by atoms with E-state index in [1.165, 1.54) is 0 Å². The van der Waals surface area contributed by atoms with Crippen LogP contribution < -0.4 is 0 Å². The number of hydrogen-bond acceptors (Lipinski definition) is 3. The molecule has 4 rings (SSSR count). The molecular weight excluding hydrogens is 362 g/mol. The normalized spacial score (nSPS) is 21.9. The maximum atomic E-state index is 13.1. The summed E-state index contributed by atoms with van der Waals surface area (Å²) < 4.78 is 0. The largest absolute Gasteiger partial charge is 0.507 e. The van der Waals surface area contributed by atoms with Crippen molar-refractivity contribution in [1.82, 2.24) is 4.90 Å². The number of Topliss-reactive ketones (excluding diaryl/α,β-unsaturated/α-hetero) is 1. The van der Waals surface area contributed by atoms with Gasteiger partial charge < -0.3 is 10.0 Å². The number of hydrogen-bond donors (Lipinski definition) is 1. The molecule has 2 aromatic carbocycles. The topological polar surface area (TPSA) is 57.6 Å². The van der Waals surface area contributed by atoms with Crippen molar-refractivity contribution in [2.75, 3.05) is 0 Å². The van der Waals surface area contributed by atoms with E-state index in [1.54, 1.807) is 4.90 Å². The van der Waals surface area contributed by atoms with Crippen LogP contribution in [0.5, 0.6) is 0 Å². The number of carbonyl (C=O) groups is 2. The molecule has 1 N–H and O–H groups in total. The van der Waals surface area contributed by atoms with Crippen LogP contribution in [0, 0.1) is 20.8 Å². The second-order valence-electron chi connectivity index (χ2n) is 8.30. The van der Waals surface area contributed by atoms with Crippen LogP contribution in [-0.4, -0.2) is 27.7 Å². The molecule has 1 unspecified atom stereocenters. The fraction of sp³-hybridized carbons (Fsp3) is 0.360. The molecule has 4 heteroatoms. The summed E-state index contributed by atoms with van der Waals surface area (Å²) in [6.45, 7) is 5.97. The van der Waals surface area contributed by atoms with Gasteiger partial charge in [-0.1, -0.05) is 49.2 Å². The lowest BCUT2D eigenvalue weighted by Crippen LogP contribution is -2.37. The first-order valence-corrected chi connectivity index (χ1v) is 10.3. The number of amides is 1. The average Bonchev–Trinajstić information content (AvgIpc) is 3.31. The number of aliphatic hydroxyl groups excluding tert-OH is 1. The molecule has 4 nitrogen and oxygen atoms in total. The quantitative estimate of drug-likeness (QED) is 0.458. The van der Waals surface area contributed by atoms with Crippen LogP contribution in [0.1, 0.15) is 59.5 Å². The molecule has 1 saturated carbocycles. The molecule has 2 aromatic rings. The van der Waals surface area contributed by atoms with Gasteiger partial charge in [-0.25, -0.2) is 0 Å². The van der Waals surface area contributed by atoms with E-state index in [2.05, 4.69) is 0 Å². The van der Waals surface area contributed by atoms with Crippen LogP contribution in [0.25, 0.3) is 5.76 Å². The van der Waals surface area contributed by atoms with E-state index < -0.39 is 17.7 Å². The summed E-state index contributed by atoms with van der Waals surface area (Å²) in [6, 6.07) is 12.9. The van der Waals surface area contributed by atoms with Crippen molar-refractivity contribution in [2.45, 2.75) is 58.5 Å². The van der Waals surface area contributed by atoms with E-state index in [0.717, 1.165) is 47.9 Å². The van der Waals surface area contributed by atoms with Crippen LogP contribution >= 0.6 is 0 Å². The molecule has 0 bridgehead atoms. The molecule has 29 heavy (non-hydrogen) atoms. The van der Waals surface area contributed by atoms with E-state index in [1.807, 2.05) is 63.2 Å². The van der Waals surface area contributed by atoms with Gasteiger partial charge in [0.05, 0.1) is 11.6 Å². The molecule has 0 spiro atoms. The zero-order valence-electron chi connectivity index (χ0n) is 17.2. The third-order valence-corrected chi connectivity index (χ3v) is 6.46. The first kappa shape index (κ1) is 19.4. The standard InChI is InChI=1S/C25H27NO3/c1-15-12-13-18(14-17(15)3)23(27)21-22(20-11-7-4-8-16(20)2)26(25(29)24(21)28)19-9-5-6-10-19/h4,7-8,11-14,19,22,27H,5-6,9-10H2,1-3H3/b23-21+. The Labute approximate surface area is 171 Å². The van der Waals surface area contributed by atoms with E-state index in [-0.39, 0.29) is 17.4 Å². The third-order valence-electron chi connectivity index (χ3n) is 6.46. The number of aryl methyl sites for hydroxylation is 3. The Morgan fingerprint density at radius 3 is 2.28 bits per heavy atom. The molecule has 2 aliphatic rings. The van der Waals surface area contributed by atoms with Crippen LogP contribution in [0.15, 0.2) is 48.0 Å². The zero-order chi connectivity index (χ0) is 20.7. The van der Waals surface area contributed by atoms with Crippen LogP contribution in [0.3, 0.4) is 0 Å². The summed E-state index contributed by atoms with van der Waals surface area (Å²) in [4.78, 5) is 28.0. The maximum absolute atomic E-state index is 13.1. The Kier molecular flexibility index (Phi) is 5.03. The van der Waals surface area contributed by atoms with Gasteiger partial charge in [0.2, 0.25) is 0 Å². The van der Waals surface area contributed by atoms with Gasteiger partial charge in [-0.2, -0.15) is 0 Å². The van der Waals surface area contributed by atoms with Crippen LogP contribution in [0.2, 0.25) is 0 Å². The average molecular weight is 389 g/mol. The highest BCUT2D eigenvalue weighted by atomic mass is 16.3. The monoisotopic (exact) mass is 389 g/mol. The fourth-order valence-electron chi connectivity index (χ4n) is 4.65. The molecule has 1 atom stereocenters. The summed E-state index contributed by atoms with van der Waals surface area (Å²) in [7, 11) is 0. The van der Waals surface area contributed by atoms with Gasteiger partial charge in [-0.3, -0.25) is 9.59 Å². The number of likely N-dealkylation sites (tertiary alicyclic amines) is 1. The summed E-state index contributed by atoms with van der Waals surface area (Å²) in [5.74, 6) is -1.16. The molecule has 1 amide bonds. The van der Waals surface area contributed by atoms with E-state index in [0.29, 0.717) is 5.56 Å². The molecule has 1 aliphatic carbocycles. The van der Waals surface area contributed by atoms with Crippen LogP contribution in [-0.2, 0) is 9.59 Å². The van der Waals surface area contributed by atoms with Gasteiger partial charge in [0.1, 0.15) is 5.76 Å². The number of nitrogens with zero attached hydrogens (tertiary/aromatic N) is 1. The Balaban J connectivity index is 1.92. The first-order valence-electron chi connectivity index (χ1n) is 10.3. The lowest BCUT2D eigenvalue weighted by atomic mass is 9.91. The number of rotatable bonds is 3. The van der Waals surface area contributed by atoms with Gasteiger partial charge in [0.15, 0.2) is 0 Å².